The molecule has 10 heteroatoms. The van der Waals surface area contributed by atoms with Crippen LogP contribution in [0.3, 0.4) is 0 Å². The summed E-state index contributed by atoms with van der Waals surface area (Å²) in [6.45, 7) is 4.25. The van der Waals surface area contributed by atoms with E-state index in [1.54, 1.807) is 34.1 Å². The molecule has 0 atom stereocenters. The number of fused-ring (bicyclic) bond motifs is 3. The number of phenolic OH excluding ortho intramolecular Hbond substituents is 1. The topological polar surface area (TPSA) is 106 Å². The van der Waals surface area contributed by atoms with Gasteiger partial charge in [-0.25, -0.2) is 10.4 Å². The van der Waals surface area contributed by atoms with Crippen LogP contribution in [0.25, 0.3) is 15.9 Å². The normalized spacial score (nSPS) is 13.1. The Morgan fingerprint density at radius 2 is 2.03 bits per heavy atom. The molecule has 38 heavy (non-hydrogen) atoms. The zero-order valence-electron chi connectivity index (χ0n) is 21.2. The summed E-state index contributed by atoms with van der Waals surface area (Å²) < 4.78 is 6.99. The van der Waals surface area contributed by atoms with E-state index < -0.39 is 0 Å². The van der Waals surface area contributed by atoms with Crippen LogP contribution >= 0.6 is 23.1 Å². The van der Waals surface area contributed by atoms with Crippen molar-refractivity contribution in [3.8, 4) is 17.2 Å². The van der Waals surface area contributed by atoms with Gasteiger partial charge in [0.25, 0.3) is 11.5 Å². The van der Waals surface area contributed by atoms with Crippen LogP contribution in [0.15, 0.2) is 57.5 Å². The van der Waals surface area contributed by atoms with Crippen LogP contribution in [0, 0.1) is 6.92 Å². The van der Waals surface area contributed by atoms with Crippen LogP contribution in [0.5, 0.6) is 11.5 Å². The standard InChI is InChI=1S/C28H28N4O4S2/c1-3-36-21-9-6-7-18(25(21)34)15-29-31-23(33)16-37-28-30-26-24(20-8-4-5-10-22(20)38-26)27(35)32(28)19-13-11-17(2)12-14-19/h6-7,9,11-15,34H,3-5,8,10,16H2,1-2H3,(H,31,33)/b29-15+. The SMILES string of the molecule is CCOc1cccc(/C=N/NC(=O)CSc2nc3sc4c(c3c(=O)n2-c2ccc(C)cc2)CCCC4)c1O. The van der Waals surface area contributed by atoms with Crippen LogP contribution < -0.4 is 15.7 Å². The summed E-state index contributed by atoms with van der Waals surface area (Å²) in [4.78, 5) is 33.3. The van der Waals surface area contributed by atoms with Gasteiger partial charge in [0, 0.05) is 10.4 Å². The molecule has 0 unspecified atom stereocenters. The molecule has 0 saturated carbocycles. The molecule has 8 nitrogen and oxygen atoms in total. The molecular weight excluding hydrogens is 520 g/mol. The number of carbonyl (C=O) groups is 1. The number of thiophene rings is 1. The van der Waals surface area contributed by atoms with Crippen LogP contribution in [-0.4, -0.2) is 39.1 Å². The first kappa shape index (κ1) is 26.0. The third-order valence-electron chi connectivity index (χ3n) is 6.31. The third-order valence-corrected chi connectivity index (χ3v) is 8.43. The van der Waals surface area contributed by atoms with E-state index in [0.29, 0.717) is 28.5 Å². The Hall–Kier alpha value is -3.63. The van der Waals surface area contributed by atoms with Gasteiger partial charge in [-0.2, -0.15) is 5.10 Å². The molecule has 0 saturated heterocycles. The van der Waals surface area contributed by atoms with E-state index in [1.165, 1.54) is 22.9 Å². The molecule has 196 valence electrons. The Morgan fingerprint density at radius 3 is 2.82 bits per heavy atom. The van der Waals surface area contributed by atoms with Crippen molar-refractivity contribution in [2.45, 2.75) is 44.7 Å². The van der Waals surface area contributed by atoms with Gasteiger partial charge < -0.3 is 9.84 Å². The number of thioether (sulfide) groups is 1. The fourth-order valence-electron chi connectivity index (χ4n) is 4.46. The molecular formula is C28H28N4O4S2. The van der Waals surface area contributed by atoms with Gasteiger partial charge in [0.15, 0.2) is 16.7 Å². The number of hydrogen-bond acceptors (Lipinski definition) is 8. The van der Waals surface area contributed by atoms with E-state index in [9.17, 15) is 14.7 Å². The molecule has 1 aliphatic carbocycles. The lowest BCUT2D eigenvalue weighted by molar-refractivity contribution is -0.118. The second kappa shape index (κ2) is 11.4. The number of nitrogens with one attached hydrogen (secondary N) is 1. The summed E-state index contributed by atoms with van der Waals surface area (Å²) in [5.41, 5.74) is 5.76. The second-order valence-corrected chi connectivity index (χ2v) is 11.0. The van der Waals surface area contributed by atoms with Gasteiger partial charge in [0.05, 0.1) is 29.6 Å². The fourth-order valence-corrected chi connectivity index (χ4v) is 6.56. The summed E-state index contributed by atoms with van der Waals surface area (Å²) >= 11 is 2.78. The van der Waals surface area contributed by atoms with Crippen LogP contribution in [0.2, 0.25) is 0 Å². The lowest BCUT2D eigenvalue weighted by Gasteiger charge is -2.13. The van der Waals surface area contributed by atoms with Crippen molar-refractivity contribution in [2.75, 3.05) is 12.4 Å². The molecule has 0 bridgehead atoms. The number of para-hydroxylation sites is 1. The van der Waals surface area contributed by atoms with E-state index in [1.807, 2.05) is 38.1 Å². The van der Waals surface area contributed by atoms with Crippen LogP contribution in [0.1, 0.15) is 41.3 Å². The molecule has 2 aromatic heterocycles. The van der Waals surface area contributed by atoms with Gasteiger partial charge >= 0.3 is 0 Å². The van der Waals surface area contributed by atoms with Gasteiger partial charge in [-0.3, -0.25) is 14.2 Å². The van der Waals surface area contributed by atoms with Crippen molar-refractivity contribution >= 4 is 45.4 Å². The summed E-state index contributed by atoms with van der Waals surface area (Å²) in [5, 5.41) is 15.4. The Bertz CT molecular complexity index is 1570. The number of nitrogens with zero attached hydrogens (tertiary/aromatic N) is 3. The predicted octanol–water partition coefficient (Wildman–Crippen LogP) is 4.98. The predicted molar refractivity (Wildman–Crippen MR) is 152 cm³/mol. The van der Waals surface area contributed by atoms with E-state index >= 15 is 0 Å². The number of aromatic hydroxyl groups is 1. The Kier molecular flexibility index (Phi) is 7.80. The minimum atomic E-state index is -0.359. The largest absolute Gasteiger partial charge is 0.504 e. The molecule has 2 aromatic carbocycles. The lowest BCUT2D eigenvalue weighted by atomic mass is 9.97. The molecule has 1 amide bonds. The van der Waals surface area contributed by atoms with E-state index in [0.717, 1.165) is 47.3 Å². The van der Waals surface area contributed by atoms with Crippen LogP contribution in [0.4, 0.5) is 0 Å². The smallest absolute Gasteiger partial charge is 0.267 e. The maximum absolute atomic E-state index is 13.8. The van der Waals surface area contributed by atoms with Crippen molar-refractivity contribution in [3.05, 3.63) is 74.4 Å². The van der Waals surface area contributed by atoms with Crippen molar-refractivity contribution in [3.63, 3.8) is 0 Å². The summed E-state index contributed by atoms with van der Waals surface area (Å²) in [6.07, 6.45) is 5.45. The first-order valence-corrected chi connectivity index (χ1v) is 14.3. The minimum Gasteiger partial charge on any atom is -0.504 e. The Labute approximate surface area is 228 Å². The minimum absolute atomic E-state index is 0.0111. The number of aromatic nitrogens is 2. The average Bonchev–Trinajstić information content (AvgIpc) is 3.29. The molecule has 5 rings (SSSR count). The highest BCUT2D eigenvalue weighted by Gasteiger charge is 2.23. The monoisotopic (exact) mass is 548 g/mol. The number of aryl methyl sites for hydroxylation is 3. The summed E-state index contributed by atoms with van der Waals surface area (Å²) in [6, 6.07) is 12.8. The summed E-state index contributed by atoms with van der Waals surface area (Å²) in [7, 11) is 0. The number of carbonyl (C=O) groups excluding carboxylic acids is 1. The zero-order valence-corrected chi connectivity index (χ0v) is 22.8. The number of amides is 1. The van der Waals surface area contributed by atoms with Crippen LogP contribution in [-0.2, 0) is 17.6 Å². The van der Waals surface area contributed by atoms with E-state index in [4.69, 9.17) is 9.72 Å². The Morgan fingerprint density at radius 1 is 1.24 bits per heavy atom. The highest BCUT2D eigenvalue weighted by molar-refractivity contribution is 7.99. The number of benzene rings is 2. The highest BCUT2D eigenvalue weighted by atomic mass is 32.2. The van der Waals surface area contributed by atoms with Crippen molar-refractivity contribution in [2.24, 2.45) is 5.10 Å². The molecule has 0 radical (unpaired) electrons. The molecule has 0 aliphatic heterocycles. The first-order valence-electron chi connectivity index (χ1n) is 12.5. The van der Waals surface area contributed by atoms with Crippen molar-refractivity contribution in [1.82, 2.24) is 15.0 Å². The van der Waals surface area contributed by atoms with E-state index in [-0.39, 0.29) is 23.0 Å². The van der Waals surface area contributed by atoms with Crippen molar-refractivity contribution < 1.29 is 14.6 Å². The van der Waals surface area contributed by atoms with Gasteiger partial charge in [-0.1, -0.05) is 35.5 Å². The number of ether oxygens (including phenoxy) is 1. The Balaban J connectivity index is 1.39. The average molecular weight is 549 g/mol. The second-order valence-electron chi connectivity index (χ2n) is 8.97. The van der Waals surface area contributed by atoms with Gasteiger partial charge in [0.1, 0.15) is 4.83 Å². The molecule has 2 N–H and O–H groups in total. The number of hydrazone groups is 1. The lowest BCUT2D eigenvalue weighted by Crippen LogP contribution is -2.24. The van der Waals surface area contributed by atoms with Gasteiger partial charge in [-0.15, -0.1) is 11.3 Å². The number of phenols is 1. The maximum atomic E-state index is 13.8. The number of hydrogen-bond donors (Lipinski definition) is 2. The summed E-state index contributed by atoms with van der Waals surface area (Å²) in [5.74, 6) is -0.0388. The molecule has 0 fully saturated rings. The van der Waals surface area contributed by atoms with Crippen molar-refractivity contribution in [1.29, 1.82) is 0 Å². The quantitative estimate of drug-likeness (QED) is 0.139. The third kappa shape index (κ3) is 5.32. The maximum Gasteiger partial charge on any atom is 0.267 e. The highest BCUT2D eigenvalue weighted by Crippen LogP contribution is 2.35. The first-order chi connectivity index (χ1) is 18.5. The molecule has 0 spiro atoms. The zero-order chi connectivity index (χ0) is 26.6. The van der Waals surface area contributed by atoms with Gasteiger partial charge in [0.2, 0.25) is 0 Å². The van der Waals surface area contributed by atoms with E-state index in [2.05, 4.69) is 10.5 Å². The molecule has 1 aliphatic rings. The molecule has 2 heterocycles. The molecule has 4 aromatic rings. The fraction of sp³-hybridized carbons (Fsp3) is 0.286. The van der Waals surface area contributed by atoms with Gasteiger partial charge in [-0.05, 0) is 69.4 Å². The number of rotatable bonds is 8.